The standard InChI is InChI=1S/C28H21NO3S/c1-33-21-10-6-9-20(17-21)29(28(31)32)24-15-13-18-7-2-4-11-22(18)26(24)27-23-12-5-3-8-19(23)14-16-25(27)30/h2-17,30H,1H3,(H,31,32). The van der Waals surface area contributed by atoms with E-state index in [1.807, 2.05) is 91.2 Å². The molecule has 0 spiro atoms. The van der Waals surface area contributed by atoms with Crippen molar-refractivity contribution in [2.24, 2.45) is 0 Å². The molecule has 5 rings (SSSR count). The molecule has 5 aromatic carbocycles. The molecule has 5 heteroatoms. The van der Waals surface area contributed by atoms with Gasteiger partial charge in [0.15, 0.2) is 0 Å². The van der Waals surface area contributed by atoms with Gasteiger partial charge in [0.05, 0.1) is 11.4 Å². The molecule has 0 unspecified atom stereocenters. The molecule has 0 bridgehead atoms. The molecule has 0 radical (unpaired) electrons. The van der Waals surface area contributed by atoms with Gasteiger partial charge < -0.3 is 10.2 Å². The highest BCUT2D eigenvalue weighted by atomic mass is 32.2. The number of anilines is 2. The van der Waals surface area contributed by atoms with Crippen LogP contribution in [-0.2, 0) is 0 Å². The normalized spacial score (nSPS) is 11.1. The Morgan fingerprint density at radius 2 is 1.39 bits per heavy atom. The average molecular weight is 452 g/mol. The monoisotopic (exact) mass is 451 g/mol. The minimum Gasteiger partial charge on any atom is -0.507 e. The number of amides is 1. The van der Waals surface area contributed by atoms with Crippen LogP contribution in [0.2, 0.25) is 0 Å². The molecule has 0 saturated carbocycles. The minimum absolute atomic E-state index is 0.106. The fraction of sp³-hybridized carbons (Fsp3) is 0.0357. The molecule has 4 nitrogen and oxygen atoms in total. The van der Waals surface area contributed by atoms with E-state index in [4.69, 9.17) is 0 Å². The van der Waals surface area contributed by atoms with Crippen LogP contribution in [-0.4, -0.2) is 22.6 Å². The van der Waals surface area contributed by atoms with E-state index in [1.165, 1.54) is 4.90 Å². The highest BCUT2D eigenvalue weighted by molar-refractivity contribution is 7.98. The number of carboxylic acid groups (broad SMARTS) is 1. The summed E-state index contributed by atoms with van der Waals surface area (Å²) in [6, 6.07) is 30.4. The minimum atomic E-state index is -1.09. The predicted molar refractivity (Wildman–Crippen MR) is 137 cm³/mol. The van der Waals surface area contributed by atoms with Crippen LogP contribution in [0.3, 0.4) is 0 Å². The molecule has 0 heterocycles. The third-order valence-electron chi connectivity index (χ3n) is 5.81. The smallest absolute Gasteiger partial charge is 0.416 e. The maximum Gasteiger partial charge on any atom is 0.416 e. The van der Waals surface area contributed by atoms with Crippen molar-refractivity contribution in [3.05, 3.63) is 97.1 Å². The molecule has 0 saturated heterocycles. The van der Waals surface area contributed by atoms with Crippen molar-refractivity contribution in [3.63, 3.8) is 0 Å². The Kier molecular flexibility index (Phi) is 5.40. The van der Waals surface area contributed by atoms with E-state index in [2.05, 4.69) is 0 Å². The largest absolute Gasteiger partial charge is 0.507 e. The quantitative estimate of drug-likeness (QED) is 0.273. The number of fused-ring (bicyclic) bond motifs is 2. The van der Waals surface area contributed by atoms with Crippen LogP contribution in [0.15, 0.2) is 102 Å². The van der Waals surface area contributed by atoms with E-state index in [9.17, 15) is 15.0 Å². The molecular weight excluding hydrogens is 430 g/mol. The molecular formula is C28H21NO3S. The van der Waals surface area contributed by atoms with Gasteiger partial charge >= 0.3 is 6.09 Å². The number of benzene rings is 5. The van der Waals surface area contributed by atoms with Gasteiger partial charge in [0.2, 0.25) is 0 Å². The second kappa shape index (κ2) is 8.52. The fourth-order valence-corrected chi connectivity index (χ4v) is 4.79. The van der Waals surface area contributed by atoms with Gasteiger partial charge in [-0.05, 0) is 58.1 Å². The summed E-state index contributed by atoms with van der Waals surface area (Å²) in [4.78, 5) is 14.9. The summed E-state index contributed by atoms with van der Waals surface area (Å²) < 4.78 is 0. The second-order valence-corrected chi connectivity index (χ2v) is 8.56. The van der Waals surface area contributed by atoms with Gasteiger partial charge in [-0.3, -0.25) is 0 Å². The van der Waals surface area contributed by atoms with Crippen molar-refractivity contribution in [2.75, 3.05) is 11.2 Å². The molecule has 33 heavy (non-hydrogen) atoms. The topological polar surface area (TPSA) is 60.8 Å². The summed E-state index contributed by atoms with van der Waals surface area (Å²) in [5.74, 6) is 0.106. The van der Waals surface area contributed by atoms with E-state index in [0.717, 1.165) is 26.4 Å². The molecule has 0 aliphatic heterocycles. The lowest BCUT2D eigenvalue weighted by atomic mass is 9.91. The van der Waals surface area contributed by atoms with E-state index < -0.39 is 6.09 Å². The first-order chi connectivity index (χ1) is 16.1. The number of hydrogen-bond donors (Lipinski definition) is 2. The summed E-state index contributed by atoms with van der Waals surface area (Å²) in [5.41, 5.74) is 2.34. The Morgan fingerprint density at radius 3 is 2.06 bits per heavy atom. The summed E-state index contributed by atoms with van der Waals surface area (Å²) in [6.07, 6.45) is 0.865. The molecule has 0 aliphatic carbocycles. The van der Waals surface area contributed by atoms with Gasteiger partial charge in [-0.15, -0.1) is 11.8 Å². The molecule has 2 N–H and O–H groups in total. The van der Waals surface area contributed by atoms with E-state index in [-0.39, 0.29) is 5.75 Å². The maximum absolute atomic E-state index is 12.6. The predicted octanol–water partition coefficient (Wildman–Crippen LogP) is 7.90. The first-order valence-electron chi connectivity index (χ1n) is 10.5. The van der Waals surface area contributed by atoms with Gasteiger partial charge in [-0.2, -0.15) is 0 Å². The van der Waals surface area contributed by atoms with Crippen LogP contribution in [0.25, 0.3) is 32.7 Å². The van der Waals surface area contributed by atoms with Crippen LogP contribution in [0.4, 0.5) is 16.2 Å². The van der Waals surface area contributed by atoms with Gasteiger partial charge in [-0.25, -0.2) is 9.69 Å². The third kappa shape index (κ3) is 3.66. The van der Waals surface area contributed by atoms with Crippen molar-refractivity contribution in [3.8, 4) is 16.9 Å². The number of hydrogen-bond acceptors (Lipinski definition) is 3. The summed E-state index contributed by atoms with van der Waals surface area (Å²) >= 11 is 1.56. The van der Waals surface area contributed by atoms with Gasteiger partial charge in [0.25, 0.3) is 0 Å². The average Bonchev–Trinajstić information content (AvgIpc) is 2.84. The van der Waals surface area contributed by atoms with Crippen LogP contribution < -0.4 is 4.90 Å². The number of thioether (sulfide) groups is 1. The highest BCUT2D eigenvalue weighted by Crippen LogP contribution is 2.46. The Labute approximate surface area is 195 Å². The summed E-state index contributed by atoms with van der Waals surface area (Å²) in [6.45, 7) is 0. The summed E-state index contributed by atoms with van der Waals surface area (Å²) in [7, 11) is 0. The molecule has 0 aromatic heterocycles. The summed E-state index contributed by atoms with van der Waals surface area (Å²) in [5, 5.41) is 25.0. The van der Waals surface area contributed by atoms with Crippen LogP contribution >= 0.6 is 11.8 Å². The van der Waals surface area contributed by atoms with Crippen molar-refractivity contribution in [1.29, 1.82) is 0 Å². The number of aromatic hydroxyl groups is 1. The number of nitrogens with zero attached hydrogens (tertiary/aromatic N) is 1. The lowest BCUT2D eigenvalue weighted by Gasteiger charge is -2.25. The second-order valence-electron chi connectivity index (χ2n) is 7.68. The molecule has 0 aliphatic rings. The van der Waals surface area contributed by atoms with Crippen LogP contribution in [0.1, 0.15) is 0 Å². The zero-order valence-electron chi connectivity index (χ0n) is 17.9. The Morgan fingerprint density at radius 1 is 0.758 bits per heavy atom. The van der Waals surface area contributed by atoms with Gasteiger partial charge in [0, 0.05) is 16.0 Å². The zero-order valence-corrected chi connectivity index (χ0v) is 18.7. The first kappa shape index (κ1) is 20.9. The van der Waals surface area contributed by atoms with Crippen molar-refractivity contribution < 1.29 is 15.0 Å². The Hall–Kier alpha value is -3.96. The van der Waals surface area contributed by atoms with Crippen molar-refractivity contribution in [1.82, 2.24) is 0 Å². The van der Waals surface area contributed by atoms with Crippen molar-refractivity contribution >= 4 is 50.8 Å². The van der Waals surface area contributed by atoms with E-state index in [1.54, 1.807) is 23.9 Å². The third-order valence-corrected chi connectivity index (χ3v) is 6.53. The maximum atomic E-state index is 12.6. The molecule has 1 amide bonds. The van der Waals surface area contributed by atoms with Crippen LogP contribution in [0, 0.1) is 0 Å². The molecule has 162 valence electrons. The molecule has 5 aromatic rings. The number of rotatable bonds is 4. The lowest BCUT2D eigenvalue weighted by Crippen LogP contribution is -2.24. The molecule has 0 fully saturated rings. The van der Waals surface area contributed by atoms with Crippen LogP contribution in [0.5, 0.6) is 5.75 Å². The van der Waals surface area contributed by atoms with E-state index >= 15 is 0 Å². The lowest BCUT2D eigenvalue weighted by molar-refractivity contribution is 0.205. The van der Waals surface area contributed by atoms with Crippen molar-refractivity contribution in [2.45, 2.75) is 4.90 Å². The number of phenols is 1. The number of phenolic OH excluding ortho intramolecular Hbond substituents is 1. The molecule has 0 atom stereocenters. The van der Waals surface area contributed by atoms with Gasteiger partial charge in [-0.1, -0.05) is 66.7 Å². The fourth-order valence-electron chi connectivity index (χ4n) is 4.33. The highest BCUT2D eigenvalue weighted by Gasteiger charge is 2.25. The zero-order chi connectivity index (χ0) is 22.9. The SMILES string of the molecule is CSc1cccc(N(C(=O)O)c2ccc3ccccc3c2-c2c(O)ccc3ccccc23)c1. The van der Waals surface area contributed by atoms with Gasteiger partial charge in [0.1, 0.15) is 5.75 Å². The number of carbonyl (C=O) groups is 1. The Balaban J connectivity index is 1.90. The van der Waals surface area contributed by atoms with E-state index in [0.29, 0.717) is 22.5 Å². The Bertz CT molecular complexity index is 1510. The first-order valence-corrected chi connectivity index (χ1v) is 11.7.